The summed E-state index contributed by atoms with van der Waals surface area (Å²) in [6.07, 6.45) is 2.20. The predicted molar refractivity (Wildman–Crippen MR) is 331 cm³/mol. The minimum absolute atomic E-state index is 0. The molecular weight excluding hydrogens is 1350 g/mol. The average Bonchev–Trinajstić information content (AvgIpc) is 0.812. The fourth-order valence-corrected chi connectivity index (χ4v) is 10.3. The van der Waals surface area contributed by atoms with E-state index in [1.54, 1.807) is 9.80 Å². The summed E-state index contributed by atoms with van der Waals surface area (Å²) in [5.74, 6) is -1.02. The van der Waals surface area contributed by atoms with Gasteiger partial charge in [0.2, 0.25) is 35.7 Å². The average molecular weight is 1420 g/mol. The van der Waals surface area contributed by atoms with Gasteiger partial charge in [-0.25, -0.2) is 16.8 Å². The molecule has 0 atom stereocenters. The summed E-state index contributed by atoms with van der Waals surface area (Å²) in [4.78, 5) is 29.6. The van der Waals surface area contributed by atoms with Gasteiger partial charge in [0.1, 0.15) is 25.1 Å². The summed E-state index contributed by atoms with van der Waals surface area (Å²) >= 11 is 0. The Morgan fingerprint density at radius 3 is 0.904 bits per heavy atom. The van der Waals surface area contributed by atoms with E-state index in [-0.39, 0.29) is 208 Å². The molecule has 2 aromatic heterocycles. The molecule has 0 fully saturated rings. The molecule has 0 unspecified atom stereocenters. The minimum Gasteiger partial charge on any atom is -0.744 e. The zero-order valence-corrected chi connectivity index (χ0v) is 58.2. The second-order valence-corrected chi connectivity index (χ2v) is 24.2. The first kappa shape index (κ1) is 84.7. The number of aliphatic hydroxyl groups is 10. The smallest absolute Gasteiger partial charge is 0.744 e. The van der Waals surface area contributed by atoms with Gasteiger partial charge in [0, 0.05) is 88.2 Å². The number of nitrogens with one attached hydrogen (secondary N) is 4. The third kappa shape index (κ3) is 29.1. The van der Waals surface area contributed by atoms with Crippen molar-refractivity contribution in [1.82, 2.24) is 39.7 Å². The molecular formula is C52H72N14Na2O22S4. The van der Waals surface area contributed by atoms with E-state index in [9.17, 15) is 72.3 Å². The van der Waals surface area contributed by atoms with E-state index >= 15 is 0 Å². The van der Waals surface area contributed by atoms with Gasteiger partial charge < -0.3 is 91.2 Å². The van der Waals surface area contributed by atoms with Gasteiger partial charge in [-0.3, -0.25) is 18.9 Å². The quantitative estimate of drug-likeness (QED) is 0.00987. The van der Waals surface area contributed by atoms with E-state index in [2.05, 4.69) is 51.2 Å². The van der Waals surface area contributed by atoms with Crippen molar-refractivity contribution >= 4 is 111 Å². The Bertz CT molecular complexity index is 3490. The molecule has 36 nitrogen and oxygen atoms in total. The maximum atomic E-state index is 12.8. The summed E-state index contributed by atoms with van der Waals surface area (Å²) in [6, 6.07) is 16.3. The Morgan fingerprint density at radius 1 is 0.351 bits per heavy atom. The SMILES string of the molecule is O=S(=O)([O-])c1ccc(Nc2nc(Nc3ccc(/C=C/c4ccc(Nc5nc(Nc6ccc(S(=O)(=O)O)cc6)nc(N(CCO)CCO)n5)cc4S(=O)(=O)O)c(S(=O)(=O)[O-])c3)nc(N(CCO)CCO)n2)cc1.OCCN(CCO)CCO.OCCN(CCO)CCO.[Na+].[Na+]. The largest absolute Gasteiger partial charge is 1.00 e. The van der Waals surface area contributed by atoms with Crippen LogP contribution in [0.15, 0.2) is 105 Å². The molecule has 6 rings (SSSR count). The van der Waals surface area contributed by atoms with Crippen molar-refractivity contribution in [2.24, 2.45) is 0 Å². The van der Waals surface area contributed by atoms with Crippen molar-refractivity contribution in [3.63, 3.8) is 0 Å². The van der Waals surface area contributed by atoms with Crippen LogP contribution in [0, 0.1) is 0 Å². The first-order valence-electron chi connectivity index (χ1n) is 27.3. The Hall–Kier alpha value is -5.40. The van der Waals surface area contributed by atoms with Crippen molar-refractivity contribution in [2.75, 3.05) is 163 Å². The van der Waals surface area contributed by atoms with Crippen LogP contribution in [0.25, 0.3) is 12.2 Å². The number of anilines is 10. The van der Waals surface area contributed by atoms with Gasteiger partial charge in [-0.05, 0) is 83.9 Å². The van der Waals surface area contributed by atoms with E-state index in [4.69, 9.17) is 30.6 Å². The third-order valence-electron chi connectivity index (χ3n) is 12.1. The molecule has 508 valence electrons. The molecule has 16 N–H and O–H groups in total. The van der Waals surface area contributed by atoms with E-state index in [1.807, 2.05) is 0 Å². The second kappa shape index (κ2) is 42.3. The third-order valence-corrected chi connectivity index (χ3v) is 15.6. The molecule has 42 heteroatoms. The topological polar surface area (TPSA) is 564 Å². The van der Waals surface area contributed by atoms with Crippen LogP contribution in [0.3, 0.4) is 0 Å². The number of aromatic nitrogens is 6. The zero-order chi connectivity index (χ0) is 68.1. The molecule has 0 aliphatic heterocycles. The van der Waals surface area contributed by atoms with Crippen molar-refractivity contribution in [2.45, 2.75) is 19.6 Å². The maximum Gasteiger partial charge on any atom is 1.00 e. The molecule has 6 aromatic rings. The molecule has 0 saturated carbocycles. The minimum atomic E-state index is -5.28. The number of rotatable bonds is 36. The predicted octanol–water partition coefficient (Wildman–Crippen LogP) is -8.38. The number of benzene rings is 4. The van der Waals surface area contributed by atoms with E-state index < -0.39 is 73.3 Å². The first-order valence-corrected chi connectivity index (χ1v) is 33.0. The monoisotopic (exact) mass is 1420 g/mol. The summed E-state index contributed by atoms with van der Waals surface area (Å²) in [7, 11) is -19.6. The molecule has 0 amide bonds. The molecule has 0 saturated heterocycles. The molecule has 0 radical (unpaired) electrons. The van der Waals surface area contributed by atoms with Gasteiger partial charge in [-0.2, -0.15) is 46.7 Å². The van der Waals surface area contributed by atoms with Gasteiger partial charge in [0.05, 0.1) is 80.8 Å². The fourth-order valence-electron chi connectivity index (χ4n) is 7.91. The van der Waals surface area contributed by atoms with Crippen LogP contribution in [0.4, 0.5) is 58.4 Å². The maximum absolute atomic E-state index is 12.8. The van der Waals surface area contributed by atoms with Gasteiger partial charge in [0.15, 0.2) is 0 Å². The van der Waals surface area contributed by atoms with Crippen molar-refractivity contribution in [3.05, 3.63) is 96.1 Å². The van der Waals surface area contributed by atoms with Gasteiger partial charge >= 0.3 is 59.1 Å². The van der Waals surface area contributed by atoms with Crippen LogP contribution in [-0.4, -0.2) is 274 Å². The Labute approximate surface area is 586 Å². The summed E-state index contributed by atoms with van der Waals surface area (Å²) in [5.41, 5.74) is -0.0617. The van der Waals surface area contributed by atoms with Crippen LogP contribution in [0.1, 0.15) is 11.1 Å². The molecule has 0 aliphatic carbocycles. The van der Waals surface area contributed by atoms with Crippen LogP contribution >= 0.6 is 0 Å². The number of hydrogen-bond acceptors (Lipinski definition) is 34. The van der Waals surface area contributed by atoms with Crippen molar-refractivity contribution < 1.29 is 162 Å². The van der Waals surface area contributed by atoms with Crippen LogP contribution < -0.4 is 90.2 Å². The van der Waals surface area contributed by atoms with Gasteiger partial charge in [-0.15, -0.1) is 0 Å². The first-order chi connectivity index (χ1) is 43.7. The summed E-state index contributed by atoms with van der Waals surface area (Å²) in [5, 5.41) is 101. The van der Waals surface area contributed by atoms with Gasteiger partial charge in [0.25, 0.3) is 20.2 Å². The fraction of sp³-hybridized carbons (Fsp3) is 0.385. The van der Waals surface area contributed by atoms with Crippen molar-refractivity contribution in [1.29, 1.82) is 0 Å². The van der Waals surface area contributed by atoms with E-state index in [1.165, 1.54) is 58.3 Å². The van der Waals surface area contributed by atoms with Crippen LogP contribution in [0.2, 0.25) is 0 Å². The van der Waals surface area contributed by atoms with Gasteiger partial charge in [-0.1, -0.05) is 24.3 Å². The molecule has 2 heterocycles. The van der Waals surface area contributed by atoms with Crippen LogP contribution in [0.5, 0.6) is 0 Å². The number of aliphatic hydroxyl groups excluding tert-OH is 10. The van der Waals surface area contributed by atoms with E-state index in [0.29, 0.717) is 39.3 Å². The number of nitrogens with zero attached hydrogens (tertiary/aromatic N) is 10. The number of hydrogen-bond donors (Lipinski definition) is 16. The second-order valence-electron chi connectivity index (χ2n) is 18.7. The Balaban J connectivity index is 0.00000118. The molecule has 0 bridgehead atoms. The zero-order valence-electron chi connectivity index (χ0n) is 50.9. The molecule has 94 heavy (non-hydrogen) atoms. The van der Waals surface area contributed by atoms with Crippen LogP contribution in [-0.2, 0) is 40.5 Å². The molecule has 0 aliphatic rings. The Kier molecular flexibility index (Phi) is 38.1. The Morgan fingerprint density at radius 2 is 0.628 bits per heavy atom. The van der Waals surface area contributed by atoms with Crippen molar-refractivity contribution in [3.8, 4) is 0 Å². The van der Waals surface area contributed by atoms with E-state index in [0.717, 1.165) is 48.6 Å². The molecule has 4 aromatic carbocycles. The summed E-state index contributed by atoms with van der Waals surface area (Å²) < 4.78 is 140. The normalized spacial score (nSPS) is 11.6. The molecule has 0 spiro atoms. The summed E-state index contributed by atoms with van der Waals surface area (Å²) in [6.45, 7) is 1.74. The standard InChI is InChI=1S/C40H44N12O16S4.2C6H15NO3.2Na/c53-19-15-51(16-20-54)39-47-35(41-27-7-11-31(12-8-27)69(57,58)59)45-37(49-39)43-29-5-3-25(33(23-29)71(63,64)65)1-2-26-4-6-30(24-34(26)72(66,67)68)44-38-46-36(48-40(50-38)52(17-21-55)18-22-56)42-28-9-13-32(14-10-28)70(60,61)62;2*8-4-1-7(2-5-9)3-6-10;;/h1-14,23-24,53-56H,15-22H2,(H,57,58,59)(H,60,61,62)(H,63,64,65)(H,66,67,68)(H2,41,43,45,47,49)(H2,42,44,46,48,50);2*8-10H,1-6H2;;/q;;;2*+1/p-2/b2-1+;;;;.